The molecular formula is C16H18N2O2. The second kappa shape index (κ2) is 6.01. The number of carbonyl (C=O) groups is 1. The number of rotatable bonds is 4. The minimum absolute atomic E-state index is 0.0503. The van der Waals surface area contributed by atoms with Gasteiger partial charge in [-0.05, 0) is 31.5 Å². The van der Waals surface area contributed by atoms with Crippen molar-refractivity contribution in [3.05, 3.63) is 54.2 Å². The standard InChI is InChI=1S/C16H18N2O2/c19-15(16-17-8-11-20-16)14-6-9-18(10-7-14)12-13-4-2-1-3-5-13/h1-5,8,11,14H,6-7,9-10,12H2. The number of aromatic nitrogens is 1. The minimum atomic E-state index is 0.0503. The van der Waals surface area contributed by atoms with Gasteiger partial charge in [-0.25, -0.2) is 4.98 Å². The van der Waals surface area contributed by atoms with Crippen LogP contribution in [0.2, 0.25) is 0 Å². The summed E-state index contributed by atoms with van der Waals surface area (Å²) in [4.78, 5) is 18.5. The van der Waals surface area contributed by atoms with Gasteiger partial charge in [-0.2, -0.15) is 0 Å². The van der Waals surface area contributed by atoms with Gasteiger partial charge in [0.15, 0.2) is 0 Å². The average Bonchev–Trinajstić information content (AvgIpc) is 3.03. The van der Waals surface area contributed by atoms with Gasteiger partial charge < -0.3 is 4.42 Å². The fourth-order valence-electron chi connectivity index (χ4n) is 2.71. The molecule has 1 aliphatic rings. The number of oxazole rings is 1. The molecule has 0 radical (unpaired) electrons. The molecule has 0 saturated carbocycles. The Labute approximate surface area is 118 Å². The highest BCUT2D eigenvalue weighted by molar-refractivity contribution is 5.93. The third kappa shape index (κ3) is 2.96. The average molecular weight is 270 g/mol. The molecule has 3 rings (SSSR count). The minimum Gasteiger partial charge on any atom is -0.442 e. The Hall–Kier alpha value is -1.94. The van der Waals surface area contributed by atoms with Crippen LogP contribution in [-0.2, 0) is 6.54 Å². The second-order valence-electron chi connectivity index (χ2n) is 5.24. The molecule has 0 unspecified atom stereocenters. The molecule has 1 saturated heterocycles. The molecule has 0 bridgehead atoms. The normalized spacial score (nSPS) is 17.2. The second-order valence-corrected chi connectivity index (χ2v) is 5.24. The summed E-state index contributed by atoms with van der Waals surface area (Å²) in [6.45, 7) is 2.86. The number of hydrogen-bond donors (Lipinski definition) is 0. The van der Waals surface area contributed by atoms with Crippen molar-refractivity contribution in [1.82, 2.24) is 9.88 Å². The zero-order chi connectivity index (χ0) is 13.8. The fraction of sp³-hybridized carbons (Fsp3) is 0.375. The molecule has 1 aromatic heterocycles. The molecule has 0 spiro atoms. The number of Topliss-reactive ketones (excluding diaryl/α,β-unsaturated/α-hetero) is 1. The van der Waals surface area contributed by atoms with Gasteiger partial charge in [-0.3, -0.25) is 9.69 Å². The van der Waals surface area contributed by atoms with Gasteiger partial charge in [-0.1, -0.05) is 30.3 Å². The molecule has 4 heteroatoms. The summed E-state index contributed by atoms with van der Waals surface area (Å²) < 4.78 is 5.10. The first kappa shape index (κ1) is 13.1. The number of likely N-dealkylation sites (tertiary alicyclic amines) is 1. The lowest BCUT2D eigenvalue weighted by Crippen LogP contribution is -2.36. The van der Waals surface area contributed by atoms with E-state index < -0.39 is 0 Å². The number of hydrogen-bond acceptors (Lipinski definition) is 4. The highest BCUT2D eigenvalue weighted by Gasteiger charge is 2.28. The summed E-state index contributed by atoms with van der Waals surface area (Å²) in [6.07, 6.45) is 4.75. The van der Waals surface area contributed by atoms with Crippen LogP contribution in [0.5, 0.6) is 0 Å². The first-order valence-corrected chi connectivity index (χ1v) is 7.03. The number of ketones is 1. The topological polar surface area (TPSA) is 46.3 Å². The molecule has 0 aliphatic carbocycles. The van der Waals surface area contributed by atoms with Gasteiger partial charge in [-0.15, -0.1) is 0 Å². The third-order valence-electron chi connectivity index (χ3n) is 3.85. The van der Waals surface area contributed by atoms with Crippen LogP contribution in [0.4, 0.5) is 0 Å². The Kier molecular flexibility index (Phi) is 3.92. The smallest absolute Gasteiger partial charge is 0.263 e. The maximum atomic E-state index is 12.2. The molecule has 2 aromatic rings. The molecule has 2 heterocycles. The van der Waals surface area contributed by atoms with E-state index in [2.05, 4.69) is 34.1 Å². The van der Waals surface area contributed by atoms with Crippen LogP contribution in [0.15, 0.2) is 47.2 Å². The predicted octanol–water partition coefficient (Wildman–Crippen LogP) is 2.77. The zero-order valence-corrected chi connectivity index (χ0v) is 11.4. The Morgan fingerprint density at radius 3 is 2.65 bits per heavy atom. The van der Waals surface area contributed by atoms with Gasteiger partial charge in [0.2, 0.25) is 5.78 Å². The van der Waals surface area contributed by atoms with Crippen molar-refractivity contribution in [3.63, 3.8) is 0 Å². The van der Waals surface area contributed by atoms with E-state index in [-0.39, 0.29) is 17.6 Å². The summed E-state index contributed by atoms with van der Waals surface area (Å²) >= 11 is 0. The van der Waals surface area contributed by atoms with E-state index in [0.717, 1.165) is 32.5 Å². The highest BCUT2D eigenvalue weighted by Crippen LogP contribution is 2.22. The first-order chi connectivity index (χ1) is 9.83. The van der Waals surface area contributed by atoms with Crippen LogP contribution >= 0.6 is 0 Å². The van der Waals surface area contributed by atoms with Gasteiger partial charge in [0.1, 0.15) is 6.26 Å². The first-order valence-electron chi connectivity index (χ1n) is 7.03. The molecule has 20 heavy (non-hydrogen) atoms. The summed E-state index contributed by atoms with van der Waals surface area (Å²) in [7, 11) is 0. The van der Waals surface area contributed by atoms with E-state index >= 15 is 0 Å². The monoisotopic (exact) mass is 270 g/mol. The number of piperidine rings is 1. The maximum absolute atomic E-state index is 12.2. The molecular weight excluding hydrogens is 252 g/mol. The van der Waals surface area contributed by atoms with Gasteiger partial charge in [0, 0.05) is 12.5 Å². The van der Waals surface area contributed by atoms with Crippen molar-refractivity contribution >= 4 is 5.78 Å². The van der Waals surface area contributed by atoms with Crippen molar-refractivity contribution in [2.45, 2.75) is 19.4 Å². The van der Waals surface area contributed by atoms with Crippen molar-refractivity contribution in [2.24, 2.45) is 5.92 Å². The predicted molar refractivity (Wildman–Crippen MR) is 75.3 cm³/mol. The van der Waals surface area contributed by atoms with Gasteiger partial charge >= 0.3 is 0 Å². The number of benzene rings is 1. The lowest BCUT2D eigenvalue weighted by molar-refractivity contribution is 0.0799. The summed E-state index contributed by atoms with van der Waals surface area (Å²) in [5.41, 5.74) is 1.32. The fourth-order valence-corrected chi connectivity index (χ4v) is 2.71. The molecule has 4 nitrogen and oxygen atoms in total. The Bertz CT molecular complexity index is 543. The molecule has 104 valence electrons. The van der Waals surface area contributed by atoms with Crippen molar-refractivity contribution in [1.29, 1.82) is 0 Å². The van der Waals surface area contributed by atoms with Gasteiger partial charge in [0.25, 0.3) is 5.89 Å². The summed E-state index contributed by atoms with van der Waals surface area (Å²) in [5.74, 6) is 0.363. The van der Waals surface area contributed by atoms with Crippen LogP contribution in [0.3, 0.4) is 0 Å². The SMILES string of the molecule is O=C(c1ncco1)C1CCN(Cc2ccccc2)CC1. The maximum Gasteiger partial charge on any atom is 0.263 e. The van der Waals surface area contributed by atoms with Crippen LogP contribution in [0.25, 0.3) is 0 Å². The van der Waals surface area contributed by atoms with E-state index in [1.165, 1.54) is 18.0 Å². The highest BCUT2D eigenvalue weighted by atomic mass is 16.3. The zero-order valence-electron chi connectivity index (χ0n) is 11.4. The third-order valence-corrected chi connectivity index (χ3v) is 3.85. The van der Waals surface area contributed by atoms with E-state index in [4.69, 9.17) is 4.42 Å². The van der Waals surface area contributed by atoms with E-state index in [9.17, 15) is 4.79 Å². The molecule has 1 aliphatic heterocycles. The van der Waals surface area contributed by atoms with Crippen molar-refractivity contribution in [2.75, 3.05) is 13.1 Å². The van der Waals surface area contributed by atoms with E-state index in [1.807, 2.05) is 6.07 Å². The molecule has 0 amide bonds. The molecule has 0 atom stereocenters. The summed E-state index contributed by atoms with van der Waals surface area (Å²) in [6, 6.07) is 10.4. The van der Waals surface area contributed by atoms with Crippen LogP contribution in [0, 0.1) is 5.92 Å². The molecule has 1 aromatic carbocycles. The van der Waals surface area contributed by atoms with Crippen molar-refractivity contribution < 1.29 is 9.21 Å². The Balaban J connectivity index is 1.53. The number of carbonyl (C=O) groups excluding carboxylic acids is 1. The largest absolute Gasteiger partial charge is 0.442 e. The van der Waals surface area contributed by atoms with E-state index in [1.54, 1.807) is 0 Å². The van der Waals surface area contributed by atoms with Crippen LogP contribution in [-0.4, -0.2) is 28.8 Å². The number of nitrogens with zero attached hydrogens (tertiary/aromatic N) is 2. The quantitative estimate of drug-likeness (QED) is 0.801. The lowest BCUT2D eigenvalue weighted by Gasteiger charge is -2.30. The Morgan fingerprint density at radius 2 is 2.00 bits per heavy atom. The van der Waals surface area contributed by atoms with E-state index in [0.29, 0.717) is 0 Å². The lowest BCUT2D eigenvalue weighted by atomic mass is 9.92. The van der Waals surface area contributed by atoms with Crippen molar-refractivity contribution in [3.8, 4) is 0 Å². The summed E-state index contributed by atoms with van der Waals surface area (Å²) in [5, 5.41) is 0. The molecule has 0 N–H and O–H groups in total. The van der Waals surface area contributed by atoms with Crippen LogP contribution in [0.1, 0.15) is 29.1 Å². The Morgan fingerprint density at radius 1 is 1.25 bits per heavy atom. The molecule has 1 fully saturated rings. The van der Waals surface area contributed by atoms with Crippen LogP contribution < -0.4 is 0 Å². The van der Waals surface area contributed by atoms with Gasteiger partial charge in [0.05, 0.1) is 6.20 Å².